The highest BCUT2D eigenvalue weighted by atomic mass is 32.2. The molecule has 35 heavy (non-hydrogen) atoms. The number of methoxy groups -OCH3 is 1. The van der Waals surface area contributed by atoms with Crippen LogP contribution in [0.15, 0.2) is 58.8 Å². The third kappa shape index (κ3) is 6.86. The van der Waals surface area contributed by atoms with Gasteiger partial charge in [-0.25, -0.2) is 4.98 Å². The fraction of sp³-hybridized carbons (Fsp3) is 0.370. The maximum atomic E-state index is 13.0. The minimum atomic E-state index is -0.271. The molecule has 0 spiro atoms. The summed E-state index contributed by atoms with van der Waals surface area (Å²) in [5.41, 5.74) is 2.57. The smallest absolute Gasteiger partial charge is 0.239 e. The third-order valence-electron chi connectivity index (χ3n) is 6.14. The molecule has 6 nitrogen and oxygen atoms in total. The first-order valence-corrected chi connectivity index (χ1v) is 13.8. The van der Waals surface area contributed by atoms with E-state index in [0.717, 1.165) is 53.3 Å². The number of rotatable bonds is 9. The topological polar surface area (TPSA) is 80.3 Å². The summed E-state index contributed by atoms with van der Waals surface area (Å²) >= 11 is 2.91. The van der Waals surface area contributed by atoms with Crippen LogP contribution in [0.1, 0.15) is 45.4 Å². The molecule has 0 aliphatic heterocycles. The van der Waals surface area contributed by atoms with Crippen molar-refractivity contribution < 1.29 is 14.3 Å². The number of aromatic nitrogens is 1. The molecule has 1 unspecified atom stereocenters. The van der Waals surface area contributed by atoms with Gasteiger partial charge < -0.3 is 15.4 Å². The Bertz CT molecular complexity index is 1140. The minimum Gasteiger partial charge on any atom is -0.497 e. The van der Waals surface area contributed by atoms with Crippen LogP contribution in [0.3, 0.4) is 0 Å². The molecule has 3 aromatic rings. The number of thiazole rings is 1. The molecule has 8 heteroatoms. The van der Waals surface area contributed by atoms with Crippen LogP contribution in [0.4, 0.5) is 10.8 Å². The molecule has 2 aromatic carbocycles. The van der Waals surface area contributed by atoms with Crippen molar-refractivity contribution in [2.75, 3.05) is 17.7 Å². The van der Waals surface area contributed by atoms with E-state index < -0.39 is 0 Å². The largest absolute Gasteiger partial charge is 0.497 e. The number of anilines is 2. The van der Waals surface area contributed by atoms with E-state index in [-0.39, 0.29) is 23.0 Å². The second-order valence-electron chi connectivity index (χ2n) is 8.62. The van der Waals surface area contributed by atoms with Gasteiger partial charge >= 0.3 is 0 Å². The van der Waals surface area contributed by atoms with Crippen LogP contribution in [0, 0.1) is 5.92 Å². The van der Waals surface area contributed by atoms with Gasteiger partial charge in [-0.15, -0.1) is 23.1 Å². The predicted molar refractivity (Wildman–Crippen MR) is 144 cm³/mol. The SMILES string of the molecule is CCC(Sc1cccc(NC(=O)C2CCCCC2)c1)C(=O)Nc1nc(-c2ccc(OC)cc2)cs1. The number of carbonyl (C=O) groups excluding carboxylic acids is 2. The Balaban J connectivity index is 1.36. The van der Waals surface area contributed by atoms with Gasteiger partial charge in [0.05, 0.1) is 18.1 Å². The molecule has 1 aliphatic rings. The van der Waals surface area contributed by atoms with E-state index in [4.69, 9.17) is 4.74 Å². The summed E-state index contributed by atoms with van der Waals surface area (Å²) in [5, 5.41) is 8.28. The number of nitrogens with zero attached hydrogens (tertiary/aromatic N) is 1. The minimum absolute atomic E-state index is 0.0789. The summed E-state index contributed by atoms with van der Waals surface area (Å²) in [6.45, 7) is 2.00. The highest BCUT2D eigenvalue weighted by molar-refractivity contribution is 8.00. The number of hydrogen-bond donors (Lipinski definition) is 2. The lowest BCUT2D eigenvalue weighted by atomic mass is 9.88. The van der Waals surface area contributed by atoms with E-state index in [1.54, 1.807) is 7.11 Å². The number of amides is 2. The Morgan fingerprint density at radius 3 is 2.60 bits per heavy atom. The lowest BCUT2D eigenvalue weighted by molar-refractivity contribution is -0.120. The molecule has 1 aliphatic carbocycles. The van der Waals surface area contributed by atoms with Gasteiger partial charge in [0.2, 0.25) is 11.8 Å². The second kappa shape index (κ2) is 12.2. The van der Waals surface area contributed by atoms with Crippen LogP contribution in [0.2, 0.25) is 0 Å². The fourth-order valence-electron chi connectivity index (χ4n) is 4.15. The van der Waals surface area contributed by atoms with Crippen molar-refractivity contribution in [3.63, 3.8) is 0 Å². The first-order chi connectivity index (χ1) is 17.1. The highest BCUT2D eigenvalue weighted by Crippen LogP contribution is 2.31. The molecule has 0 saturated heterocycles. The normalized spacial score (nSPS) is 14.8. The van der Waals surface area contributed by atoms with Gasteiger partial charge in [0.25, 0.3) is 0 Å². The van der Waals surface area contributed by atoms with E-state index in [0.29, 0.717) is 11.6 Å². The van der Waals surface area contributed by atoms with Gasteiger partial charge in [0.15, 0.2) is 5.13 Å². The van der Waals surface area contributed by atoms with Gasteiger partial charge in [-0.1, -0.05) is 32.3 Å². The van der Waals surface area contributed by atoms with Crippen LogP contribution < -0.4 is 15.4 Å². The molecule has 4 rings (SSSR count). The average molecular weight is 510 g/mol. The van der Waals surface area contributed by atoms with E-state index in [1.165, 1.54) is 29.5 Å². The van der Waals surface area contributed by atoms with Crippen LogP contribution >= 0.6 is 23.1 Å². The molecule has 0 radical (unpaired) electrons. The Labute approximate surface area is 214 Å². The summed E-state index contributed by atoms with van der Waals surface area (Å²) in [4.78, 5) is 31.1. The molecule has 1 heterocycles. The van der Waals surface area contributed by atoms with Crippen molar-refractivity contribution in [1.82, 2.24) is 4.98 Å². The summed E-state index contributed by atoms with van der Waals surface area (Å²) in [6, 6.07) is 15.4. The van der Waals surface area contributed by atoms with E-state index in [9.17, 15) is 9.59 Å². The monoisotopic (exact) mass is 509 g/mol. The summed E-state index contributed by atoms with van der Waals surface area (Å²) in [5.74, 6) is 0.922. The Morgan fingerprint density at radius 2 is 1.89 bits per heavy atom. The Morgan fingerprint density at radius 1 is 1.11 bits per heavy atom. The third-order valence-corrected chi connectivity index (χ3v) is 8.25. The zero-order valence-electron chi connectivity index (χ0n) is 20.1. The predicted octanol–water partition coefficient (Wildman–Crippen LogP) is 6.85. The number of nitrogens with one attached hydrogen (secondary N) is 2. The van der Waals surface area contributed by atoms with E-state index in [1.807, 2.05) is 60.8 Å². The average Bonchev–Trinajstić information content (AvgIpc) is 3.36. The van der Waals surface area contributed by atoms with Crippen LogP contribution in [-0.2, 0) is 9.59 Å². The molecule has 1 fully saturated rings. The molecule has 2 N–H and O–H groups in total. The van der Waals surface area contributed by atoms with Gasteiger partial charge in [0.1, 0.15) is 5.75 Å². The molecular weight excluding hydrogens is 478 g/mol. The van der Waals surface area contributed by atoms with Crippen LogP contribution in [0.25, 0.3) is 11.3 Å². The van der Waals surface area contributed by atoms with Crippen molar-refractivity contribution in [1.29, 1.82) is 0 Å². The summed E-state index contributed by atoms with van der Waals surface area (Å²) in [6.07, 6.45) is 6.08. The zero-order chi connectivity index (χ0) is 24.6. The second-order valence-corrected chi connectivity index (χ2v) is 10.8. The standard InChI is InChI=1S/C27H31N3O3S2/c1-3-24(26(32)30-27-29-23(17-34-27)18-12-14-21(33-2)15-13-18)35-22-11-7-10-20(16-22)28-25(31)19-8-5-4-6-9-19/h7,10-17,19,24H,3-6,8-9H2,1-2H3,(H,28,31)(H,29,30,32). The summed E-state index contributed by atoms with van der Waals surface area (Å²) in [7, 11) is 1.64. The van der Waals surface area contributed by atoms with Crippen molar-refractivity contribution in [3.05, 3.63) is 53.9 Å². The van der Waals surface area contributed by atoms with E-state index >= 15 is 0 Å². The molecule has 1 atom stereocenters. The van der Waals surface area contributed by atoms with Crippen LogP contribution in [-0.4, -0.2) is 29.2 Å². The Kier molecular flexibility index (Phi) is 8.82. The van der Waals surface area contributed by atoms with Gasteiger partial charge in [-0.2, -0.15) is 0 Å². The number of carbonyl (C=O) groups is 2. The number of hydrogen-bond acceptors (Lipinski definition) is 6. The highest BCUT2D eigenvalue weighted by Gasteiger charge is 2.22. The molecule has 1 aromatic heterocycles. The number of thioether (sulfide) groups is 1. The fourth-order valence-corrected chi connectivity index (χ4v) is 5.89. The van der Waals surface area contributed by atoms with Crippen LogP contribution in [0.5, 0.6) is 5.75 Å². The molecule has 2 amide bonds. The zero-order valence-corrected chi connectivity index (χ0v) is 21.7. The van der Waals surface area contributed by atoms with E-state index in [2.05, 4.69) is 15.6 Å². The maximum Gasteiger partial charge on any atom is 0.239 e. The number of ether oxygens (including phenoxy) is 1. The quantitative estimate of drug-likeness (QED) is 0.309. The molecule has 184 valence electrons. The first kappa shape index (κ1) is 25.3. The molecular formula is C27H31N3O3S2. The van der Waals surface area contributed by atoms with Gasteiger partial charge in [-0.05, 0) is 61.7 Å². The number of benzene rings is 2. The lowest BCUT2D eigenvalue weighted by Crippen LogP contribution is -2.25. The van der Waals surface area contributed by atoms with Gasteiger partial charge in [0, 0.05) is 27.4 Å². The van der Waals surface area contributed by atoms with Crippen molar-refractivity contribution in [2.45, 2.75) is 55.6 Å². The Hall–Kier alpha value is -2.84. The van der Waals surface area contributed by atoms with Crippen molar-refractivity contribution in [2.24, 2.45) is 5.92 Å². The maximum absolute atomic E-state index is 13.0. The molecule has 0 bridgehead atoms. The van der Waals surface area contributed by atoms with Crippen molar-refractivity contribution in [3.8, 4) is 17.0 Å². The van der Waals surface area contributed by atoms with Crippen molar-refractivity contribution >= 4 is 45.7 Å². The lowest BCUT2D eigenvalue weighted by Gasteiger charge is -2.21. The molecule has 1 saturated carbocycles. The summed E-state index contributed by atoms with van der Waals surface area (Å²) < 4.78 is 5.21. The first-order valence-electron chi connectivity index (χ1n) is 12.0. The van der Waals surface area contributed by atoms with Gasteiger partial charge in [-0.3, -0.25) is 9.59 Å².